The lowest BCUT2D eigenvalue weighted by atomic mass is 10.1. The molecule has 2 aromatic heterocycles. The Kier molecular flexibility index (Phi) is 4.32. The van der Waals surface area contributed by atoms with Gasteiger partial charge < -0.3 is 5.32 Å². The maximum Gasteiger partial charge on any atom is 0.271 e. The smallest absolute Gasteiger partial charge is 0.271 e. The van der Waals surface area contributed by atoms with Gasteiger partial charge in [0.15, 0.2) is 0 Å². The van der Waals surface area contributed by atoms with Crippen LogP contribution in [0.4, 0.5) is 0 Å². The summed E-state index contributed by atoms with van der Waals surface area (Å²) >= 11 is 0. The summed E-state index contributed by atoms with van der Waals surface area (Å²) in [6.45, 7) is 4.60. The van der Waals surface area contributed by atoms with Gasteiger partial charge in [-0.25, -0.2) is 4.98 Å². The van der Waals surface area contributed by atoms with Crippen LogP contribution in [0.15, 0.2) is 30.5 Å². The van der Waals surface area contributed by atoms with Gasteiger partial charge in [-0.1, -0.05) is 12.1 Å². The van der Waals surface area contributed by atoms with Gasteiger partial charge in [0.1, 0.15) is 5.69 Å². The fraction of sp³-hybridized carbons (Fsp3) is 0.294. The topological polar surface area (TPSA) is 83.6 Å². The Balaban J connectivity index is 1.56. The number of nitrogens with one attached hydrogen (secondary N) is 2. The number of aromatic nitrogens is 4. The van der Waals surface area contributed by atoms with Gasteiger partial charge in [-0.3, -0.25) is 14.9 Å². The first-order valence-corrected chi connectivity index (χ1v) is 7.65. The molecular formula is C17H19N5O. The molecule has 3 aromatic rings. The molecule has 0 atom stereocenters. The third-order valence-electron chi connectivity index (χ3n) is 3.85. The highest BCUT2D eigenvalue weighted by Crippen LogP contribution is 2.11. The zero-order valence-electron chi connectivity index (χ0n) is 13.3. The third-order valence-corrected chi connectivity index (χ3v) is 3.85. The number of fused-ring (bicyclic) bond motifs is 1. The van der Waals surface area contributed by atoms with Crippen LogP contribution in [0.5, 0.6) is 0 Å². The summed E-state index contributed by atoms with van der Waals surface area (Å²) in [5, 5.41) is 10.0. The first kappa shape index (κ1) is 15.1. The molecule has 0 aliphatic carbocycles. The van der Waals surface area contributed by atoms with Crippen molar-refractivity contribution >= 4 is 16.9 Å². The Morgan fingerprint density at radius 3 is 2.74 bits per heavy atom. The number of aromatic amines is 1. The van der Waals surface area contributed by atoms with Gasteiger partial charge in [-0.05, 0) is 44.4 Å². The van der Waals surface area contributed by atoms with Gasteiger partial charge in [-0.2, -0.15) is 5.10 Å². The summed E-state index contributed by atoms with van der Waals surface area (Å²) in [5.74, 6) is -0.191. The number of carbonyl (C=O) groups excluding carboxylic acids is 1. The lowest BCUT2D eigenvalue weighted by Gasteiger charge is -2.06. The van der Waals surface area contributed by atoms with E-state index in [1.54, 1.807) is 0 Å². The molecule has 6 heteroatoms. The van der Waals surface area contributed by atoms with E-state index in [-0.39, 0.29) is 5.91 Å². The van der Waals surface area contributed by atoms with Crippen molar-refractivity contribution in [1.82, 2.24) is 25.5 Å². The Labute approximate surface area is 134 Å². The largest absolute Gasteiger partial charge is 0.351 e. The molecule has 0 fully saturated rings. The van der Waals surface area contributed by atoms with E-state index in [4.69, 9.17) is 0 Å². The molecular weight excluding hydrogens is 290 g/mol. The highest BCUT2D eigenvalue weighted by atomic mass is 16.1. The van der Waals surface area contributed by atoms with Crippen molar-refractivity contribution in [3.8, 4) is 0 Å². The van der Waals surface area contributed by atoms with Crippen molar-refractivity contribution in [3.63, 3.8) is 0 Å². The van der Waals surface area contributed by atoms with E-state index in [1.807, 2.05) is 38.1 Å². The molecule has 0 aliphatic heterocycles. The lowest BCUT2D eigenvalue weighted by molar-refractivity contribution is 0.0948. The number of carbonyl (C=O) groups is 1. The minimum atomic E-state index is -0.191. The summed E-state index contributed by atoms with van der Waals surface area (Å²) in [4.78, 5) is 20.8. The van der Waals surface area contributed by atoms with Crippen LogP contribution in [-0.2, 0) is 6.42 Å². The standard InChI is InChI=1S/C17H19N5O/c1-11-13(12(2)22-21-11)6-5-9-18-17(23)16-10-19-14-7-3-4-8-15(14)20-16/h3-4,7-8,10H,5-6,9H2,1-2H3,(H,18,23)(H,21,22). The van der Waals surface area contributed by atoms with E-state index in [9.17, 15) is 4.79 Å². The lowest BCUT2D eigenvalue weighted by Crippen LogP contribution is -2.26. The average molecular weight is 309 g/mol. The van der Waals surface area contributed by atoms with Crippen molar-refractivity contribution < 1.29 is 4.79 Å². The Morgan fingerprint density at radius 1 is 1.22 bits per heavy atom. The molecule has 1 amide bonds. The van der Waals surface area contributed by atoms with Crippen molar-refractivity contribution in [2.45, 2.75) is 26.7 Å². The van der Waals surface area contributed by atoms with E-state index < -0.39 is 0 Å². The van der Waals surface area contributed by atoms with Gasteiger partial charge >= 0.3 is 0 Å². The number of aryl methyl sites for hydroxylation is 2. The Hall–Kier alpha value is -2.76. The van der Waals surface area contributed by atoms with E-state index in [0.717, 1.165) is 35.3 Å². The molecule has 0 saturated carbocycles. The molecule has 0 spiro atoms. The number of benzene rings is 1. The van der Waals surface area contributed by atoms with Crippen LogP contribution < -0.4 is 5.32 Å². The first-order chi connectivity index (χ1) is 11.1. The van der Waals surface area contributed by atoms with E-state index in [2.05, 4.69) is 25.5 Å². The third kappa shape index (κ3) is 3.36. The van der Waals surface area contributed by atoms with Crippen LogP contribution in [0.1, 0.15) is 33.9 Å². The van der Waals surface area contributed by atoms with Gasteiger partial charge in [-0.15, -0.1) is 0 Å². The minimum Gasteiger partial charge on any atom is -0.351 e. The summed E-state index contributed by atoms with van der Waals surface area (Å²) in [6.07, 6.45) is 3.26. The van der Waals surface area contributed by atoms with Crippen molar-refractivity contribution in [1.29, 1.82) is 0 Å². The molecule has 2 N–H and O–H groups in total. The van der Waals surface area contributed by atoms with Gasteiger partial charge in [0, 0.05) is 12.2 Å². The van der Waals surface area contributed by atoms with E-state index in [1.165, 1.54) is 11.8 Å². The second-order valence-electron chi connectivity index (χ2n) is 5.52. The monoisotopic (exact) mass is 309 g/mol. The van der Waals surface area contributed by atoms with Crippen LogP contribution >= 0.6 is 0 Å². The predicted octanol–water partition coefficient (Wildman–Crippen LogP) is 2.33. The molecule has 2 heterocycles. The molecule has 1 aromatic carbocycles. The second kappa shape index (κ2) is 6.56. The van der Waals surface area contributed by atoms with Gasteiger partial charge in [0.25, 0.3) is 5.91 Å². The summed E-state index contributed by atoms with van der Waals surface area (Å²) in [5.41, 5.74) is 5.20. The quantitative estimate of drug-likeness (QED) is 0.709. The summed E-state index contributed by atoms with van der Waals surface area (Å²) in [6, 6.07) is 7.51. The fourth-order valence-electron chi connectivity index (χ4n) is 2.57. The van der Waals surface area contributed by atoms with E-state index >= 15 is 0 Å². The number of hydrogen-bond donors (Lipinski definition) is 2. The van der Waals surface area contributed by atoms with Crippen LogP contribution in [0.25, 0.3) is 11.0 Å². The van der Waals surface area contributed by atoms with Crippen LogP contribution in [-0.4, -0.2) is 32.6 Å². The SMILES string of the molecule is Cc1n[nH]c(C)c1CCCNC(=O)c1cnc2ccccc2n1. The first-order valence-electron chi connectivity index (χ1n) is 7.65. The van der Waals surface area contributed by atoms with Crippen LogP contribution in [0, 0.1) is 13.8 Å². The van der Waals surface area contributed by atoms with Gasteiger partial charge in [0.05, 0.1) is 22.9 Å². The van der Waals surface area contributed by atoms with E-state index in [0.29, 0.717) is 12.2 Å². The number of hydrogen-bond acceptors (Lipinski definition) is 4. The molecule has 0 saturated heterocycles. The molecule has 23 heavy (non-hydrogen) atoms. The molecule has 0 unspecified atom stereocenters. The number of H-pyrrole nitrogens is 1. The molecule has 0 bridgehead atoms. The maximum atomic E-state index is 12.2. The summed E-state index contributed by atoms with van der Waals surface area (Å²) in [7, 11) is 0. The number of para-hydroxylation sites is 2. The molecule has 3 rings (SSSR count). The predicted molar refractivity (Wildman–Crippen MR) is 88.3 cm³/mol. The molecule has 6 nitrogen and oxygen atoms in total. The number of rotatable bonds is 5. The number of amides is 1. The molecule has 0 aliphatic rings. The fourth-order valence-corrected chi connectivity index (χ4v) is 2.57. The van der Waals surface area contributed by atoms with Crippen molar-refractivity contribution in [2.75, 3.05) is 6.54 Å². The van der Waals surface area contributed by atoms with Crippen LogP contribution in [0.3, 0.4) is 0 Å². The zero-order valence-corrected chi connectivity index (χ0v) is 13.3. The average Bonchev–Trinajstić information content (AvgIpc) is 2.89. The Bertz CT molecular complexity index is 820. The normalized spacial score (nSPS) is 10.9. The Morgan fingerprint density at radius 2 is 2.00 bits per heavy atom. The maximum absolute atomic E-state index is 12.2. The second-order valence-corrected chi connectivity index (χ2v) is 5.52. The zero-order chi connectivity index (χ0) is 16.2. The molecule has 0 radical (unpaired) electrons. The molecule has 118 valence electrons. The highest BCUT2D eigenvalue weighted by Gasteiger charge is 2.09. The summed E-state index contributed by atoms with van der Waals surface area (Å²) < 4.78 is 0. The van der Waals surface area contributed by atoms with Crippen molar-refractivity contribution in [2.24, 2.45) is 0 Å². The van der Waals surface area contributed by atoms with Gasteiger partial charge in [0.2, 0.25) is 0 Å². The highest BCUT2D eigenvalue weighted by molar-refractivity contribution is 5.93. The number of nitrogens with zero attached hydrogens (tertiary/aromatic N) is 3. The van der Waals surface area contributed by atoms with Crippen LogP contribution in [0.2, 0.25) is 0 Å². The van der Waals surface area contributed by atoms with Crippen molar-refractivity contribution in [3.05, 3.63) is 53.1 Å². The minimum absolute atomic E-state index is 0.191.